The van der Waals surface area contributed by atoms with Crippen molar-refractivity contribution >= 4 is 33.3 Å². The van der Waals surface area contributed by atoms with Gasteiger partial charge in [0.05, 0.1) is 5.69 Å². The number of Topliss-reactive ketones (excluding diaryl/α,β-unsaturated/α-hetero) is 1. The topological polar surface area (TPSA) is 55.4 Å². The van der Waals surface area contributed by atoms with Crippen molar-refractivity contribution in [3.8, 4) is 5.75 Å². The van der Waals surface area contributed by atoms with Crippen molar-refractivity contribution in [2.75, 3.05) is 11.9 Å². The predicted molar refractivity (Wildman–Crippen MR) is 82.7 cm³/mol. The molecule has 21 heavy (non-hydrogen) atoms. The SMILES string of the molecule is O=C1COc2ccc(C(=O)Cc3ccccc3Br)cc2N1. The first-order chi connectivity index (χ1) is 10.1. The molecule has 2 aromatic carbocycles. The van der Waals surface area contributed by atoms with Gasteiger partial charge in [0, 0.05) is 16.5 Å². The molecule has 1 heterocycles. The molecule has 0 radical (unpaired) electrons. The van der Waals surface area contributed by atoms with E-state index in [1.807, 2.05) is 24.3 Å². The Balaban J connectivity index is 1.84. The summed E-state index contributed by atoms with van der Waals surface area (Å²) in [7, 11) is 0. The number of carbonyl (C=O) groups is 2. The molecule has 3 rings (SSSR count). The highest BCUT2D eigenvalue weighted by Crippen LogP contribution is 2.29. The van der Waals surface area contributed by atoms with Gasteiger partial charge in [0.2, 0.25) is 0 Å². The minimum absolute atomic E-state index is 0.00970. The van der Waals surface area contributed by atoms with Crippen LogP contribution in [-0.2, 0) is 11.2 Å². The molecule has 0 aromatic heterocycles. The summed E-state index contributed by atoms with van der Waals surface area (Å²) in [5, 5.41) is 2.70. The molecular formula is C16H12BrNO3. The molecular weight excluding hydrogens is 334 g/mol. The van der Waals surface area contributed by atoms with Gasteiger partial charge >= 0.3 is 0 Å². The first kappa shape index (κ1) is 13.8. The van der Waals surface area contributed by atoms with E-state index in [0.717, 1.165) is 10.0 Å². The zero-order valence-electron chi connectivity index (χ0n) is 11.1. The Hall–Kier alpha value is -2.14. The molecule has 1 amide bonds. The Kier molecular flexibility index (Phi) is 3.75. The van der Waals surface area contributed by atoms with Crippen LogP contribution in [-0.4, -0.2) is 18.3 Å². The zero-order valence-corrected chi connectivity index (χ0v) is 12.6. The summed E-state index contributed by atoms with van der Waals surface area (Å²) in [6, 6.07) is 12.7. The first-order valence-corrected chi connectivity index (χ1v) is 7.26. The van der Waals surface area contributed by atoms with Crippen molar-refractivity contribution in [2.24, 2.45) is 0 Å². The van der Waals surface area contributed by atoms with Crippen LogP contribution in [0.2, 0.25) is 0 Å². The van der Waals surface area contributed by atoms with Crippen LogP contribution < -0.4 is 10.1 Å². The fourth-order valence-electron chi connectivity index (χ4n) is 2.17. The Bertz CT molecular complexity index is 727. The summed E-state index contributed by atoms with van der Waals surface area (Å²) in [6.07, 6.45) is 0.301. The number of ketones is 1. The average Bonchev–Trinajstić information content (AvgIpc) is 2.48. The van der Waals surface area contributed by atoms with Crippen LogP contribution in [0.1, 0.15) is 15.9 Å². The number of ether oxygens (including phenoxy) is 1. The van der Waals surface area contributed by atoms with Crippen molar-refractivity contribution in [3.63, 3.8) is 0 Å². The lowest BCUT2D eigenvalue weighted by atomic mass is 10.0. The third-order valence-electron chi connectivity index (χ3n) is 3.24. The quantitative estimate of drug-likeness (QED) is 0.869. The van der Waals surface area contributed by atoms with Crippen LogP contribution in [0, 0.1) is 0 Å². The Morgan fingerprint density at radius 2 is 2.05 bits per heavy atom. The second kappa shape index (κ2) is 5.69. The monoisotopic (exact) mass is 345 g/mol. The maximum Gasteiger partial charge on any atom is 0.262 e. The molecule has 1 N–H and O–H groups in total. The van der Waals surface area contributed by atoms with Gasteiger partial charge in [-0.2, -0.15) is 0 Å². The van der Waals surface area contributed by atoms with E-state index in [2.05, 4.69) is 21.2 Å². The number of hydrogen-bond acceptors (Lipinski definition) is 3. The largest absolute Gasteiger partial charge is 0.482 e. The number of nitrogens with one attached hydrogen (secondary N) is 1. The average molecular weight is 346 g/mol. The molecule has 0 fully saturated rings. The van der Waals surface area contributed by atoms with Crippen LogP contribution in [0.15, 0.2) is 46.9 Å². The van der Waals surface area contributed by atoms with E-state index >= 15 is 0 Å². The fourth-order valence-corrected chi connectivity index (χ4v) is 2.60. The molecule has 0 unspecified atom stereocenters. The fraction of sp³-hybridized carbons (Fsp3) is 0.125. The Morgan fingerprint density at radius 1 is 1.24 bits per heavy atom. The van der Waals surface area contributed by atoms with Gasteiger partial charge in [0.15, 0.2) is 12.4 Å². The second-order valence-corrected chi connectivity index (χ2v) is 5.59. The van der Waals surface area contributed by atoms with Crippen molar-refractivity contribution in [3.05, 3.63) is 58.1 Å². The van der Waals surface area contributed by atoms with Gasteiger partial charge in [-0.1, -0.05) is 34.1 Å². The number of anilines is 1. The molecule has 4 nitrogen and oxygen atoms in total. The van der Waals surface area contributed by atoms with E-state index in [1.54, 1.807) is 18.2 Å². The van der Waals surface area contributed by atoms with E-state index in [1.165, 1.54) is 0 Å². The van der Waals surface area contributed by atoms with Gasteiger partial charge in [-0.05, 0) is 29.8 Å². The lowest BCUT2D eigenvalue weighted by Crippen LogP contribution is -2.25. The Morgan fingerprint density at radius 3 is 2.86 bits per heavy atom. The van der Waals surface area contributed by atoms with Crippen molar-refractivity contribution in [2.45, 2.75) is 6.42 Å². The van der Waals surface area contributed by atoms with Gasteiger partial charge in [0.1, 0.15) is 5.75 Å². The van der Waals surface area contributed by atoms with E-state index in [4.69, 9.17) is 4.74 Å². The predicted octanol–water partition coefficient (Wildman–Crippen LogP) is 3.21. The molecule has 0 aliphatic carbocycles. The lowest BCUT2D eigenvalue weighted by Gasteiger charge is -2.18. The van der Waals surface area contributed by atoms with Gasteiger partial charge in [-0.25, -0.2) is 0 Å². The van der Waals surface area contributed by atoms with Gasteiger partial charge in [-0.3, -0.25) is 9.59 Å². The minimum atomic E-state index is -0.210. The summed E-state index contributed by atoms with van der Waals surface area (Å²) in [6.45, 7) is 0.0112. The number of benzene rings is 2. The molecule has 0 bridgehead atoms. The first-order valence-electron chi connectivity index (χ1n) is 6.47. The van der Waals surface area contributed by atoms with Crippen LogP contribution in [0.4, 0.5) is 5.69 Å². The van der Waals surface area contributed by atoms with Crippen LogP contribution in [0.5, 0.6) is 5.75 Å². The number of halogens is 1. The highest BCUT2D eigenvalue weighted by Gasteiger charge is 2.18. The van der Waals surface area contributed by atoms with Crippen LogP contribution >= 0.6 is 15.9 Å². The third kappa shape index (κ3) is 2.97. The highest BCUT2D eigenvalue weighted by atomic mass is 79.9. The minimum Gasteiger partial charge on any atom is -0.482 e. The van der Waals surface area contributed by atoms with Crippen molar-refractivity contribution in [1.82, 2.24) is 0 Å². The summed E-state index contributed by atoms with van der Waals surface area (Å²) in [5.41, 5.74) is 2.03. The van der Waals surface area contributed by atoms with E-state index in [-0.39, 0.29) is 18.3 Å². The Labute approximate surface area is 130 Å². The molecule has 5 heteroatoms. The second-order valence-electron chi connectivity index (χ2n) is 4.74. The highest BCUT2D eigenvalue weighted by molar-refractivity contribution is 9.10. The lowest BCUT2D eigenvalue weighted by molar-refractivity contribution is -0.118. The van der Waals surface area contributed by atoms with Crippen LogP contribution in [0.3, 0.4) is 0 Å². The molecule has 0 spiro atoms. The molecule has 2 aromatic rings. The molecule has 0 saturated heterocycles. The summed E-state index contributed by atoms with van der Waals surface area (Å²) in [5.74, 6) is 0.370. The number of rotatable bonds is 3. The zero-order chi connectivity index (χ0) is 14.8. The van der Waals surface area contributed by atoms with E-state index in [9.17, 15) is 9.59 Å². The van der Waals surface area contributed by atoms with E-state index in [0.29, 0.717) is 23.4 Å². The van der Waals surface area contributed by atoms with Gasteiger partial charge in [-0.15, -0.1) is 0 Å². The summed E-state index contributed by atoms with van der Waals surface area (Å²) in [4.78, 5) is 23.7. The molecule has 1 aliphatic heterocycles. The molecule has 0 atom stereocenters. The van der Waals surface area contributed by atoms with Crippen molar-refractivity contribution in [1.29, 1.82) is 0 Å². The number of hydrogen-bond donors (Lipinski definition) is 1. The third-order valence-corrected chi connectivity index (χ3v) is 4.02. The molecule has 0 saturated carbocycles. The van der Waals surface area contributed by atoms with Crippen LogP contribution in [0.25, 0.3) is 0 Å². The number of carbonyl (C=O) groups excluding carboxylic acids is 2. The number of amides is 1. The van der Waals surface area contributed by atoms with Gasteiger partial charge in [0.25, 0.3) is 5.91 Å². The standard InChI is InChI=1S/C16H12BrNO3/c17-12-4-2-1-3-10(12)8-14(19)11-5-6-15-13(7-11)18-16(20)9-21-15/h1-7H,8-9H2,(H,18,20). The molecule has 106 valence electrons. The maximum atomic E-state index is 12.4. The molecule has 1 aliphatic rings. The van der Waals surface area contributed by atoms with Crippen molar-refractivity contribution < 1.29 is 14.3 Å². The van der Waals surface area contributed by atoms with E-state index < -0.39 is 0 Å². The number of fused-ring (bicyclic) bond motifs is 1. The smallest absolute Gasteiger partial charge is 0.262 e. The summed E-state index contributed by atoms with van der Waals surface area (Å²) < 4.78 is 6.19. The maximum absolute atomic E-state index is 12.4. The van der Waals surface area contributed by atoms with Gasteiger partial charge < -0.3 is 10.1 Å². The normalized spacial score (nSPS) is 13.1. The summed E-state index contributed by atoms with van der Waals surface area (Å²) >= 11 is 3.44.